The highest BCUT2D eigenvalue weighted by atomic mass is 35.5. The van der Waals surface area contributed by atoms with Gasteiger partial charge in [-0.3, -0.25) is 4.68 Å². The highest BCUT2D eigenvalue weighted by molar-refractivity contribution is 5.85. The number of halogens is 2. The summed E-state index contributed by atoms with van der Waals surface area (Å²) in [5, 5.41) is 7.88. The molecule has 0 radical (unpaired) electrons. The minimum Gasteiger partial charge on any atom is -0.311 e. The van der Waals surface area contributed by atoms with Crippen molar-refractivity contribution in [1.29, 1.82) is 0 Å². The summed E-state index contributed by atoms with van der Waals surface area (Å²) in [6.07, 6.45) is 0.982. The first-order valence-corrected chi connectivity index (χ1v) is 5.77. The molecule has 0 saturated carbocycles. The lowest BCUT2D eigenvalue weighted by molar-refractivity contribution is 0.593. The second-order valence-corrected chi connectivity index (χ2v) is 4.33. The molecule has 0 unspecified atom stereocenters. The van der Waals surface area contributed by atoms with Crippen LogP contribution in [0.25, 0.3) is 11.3 Å². The third-order valence-electron chi connectivity index (χ3n) is 3.24. The van der Waals surface area contributed by atoms with Crippen LogP contribution in [-0.2, 0) is 20.0 Å². The maximum atomic E-state index is 12.9. The van der Waals surface area contributed by atoms with E-state index in [-0.39, 0.29) is 18.2 Å². The van der Waals surface area contributed by atoms with E-state index in [1.165, 1.54) is 23.4 Å². The van der Waals surface area contributed by atoms with Gasteiger partial charge in [0.1, 0.15) is 5.82 Å². The monoisotopic (exact) mass is 267 g/mol. The van der Waals surface area contributed by atoms with Gasteiger partial charge < -0.3 is 5.32 Å². The van der Waals surface area contributed by atoms with Crippen LogP contribution in [0.3, 0.4) is 0 Å². The minimum atomic E-state index is -0.208. The van der Waals surface area contributed by atoms with Crippen molar-refractivity contribution in [3.05, 3.63) is 41.3 Å². The topological polar surface area (TPSA) is 29.9 Å². The Labute approximate surface area is 111 Å². The Bertz CT molecular complexity index is 548. The number of nitrogens with zero attached hydrogens (tertiary/aromatic N) is 2. The Balaban J connectivity index is 0.00000120. The van der Waals surface area contributed by atoms with Gasteiger partial charge in [-0.2, -0.15) is 5.10 Å². The number of benzene rings is 1. The summed E-state index contributed by atoms with van der Waals surface area (Å²) in [6, 6.07) is 6.55. The zero-order chi connectivity index (χ0) is 11.8. The zero-order valence-corrected chi connectivity index (χ0v) is 10.9. The van der Waals surface area contributed by atoms with Crippen molar-refractivity contribution < 1.29 is 4.39 Å². The Kier molecular flexibility index (Phi) is 3.68. The first kappa shape index (κ1) is 13.1. The maximum Gasteiger partial charge on any atom is 0.123 e. The normalized spacial score (nSPS) is 13.9. The molecule has 1 aliphatic rings. The van der Waals surface area contributed by atoms with Crippen molar-refractivity contribution in [1.82, 2.24) is 15.1 Å². The molecule has 5 heteroatoms. The van der Waals surface area contributed by atoms with Crippen molar-refractivity contribution in [3.8, 4) is 11.3 Å². The highest BCUT2D eigenvalue weighted by Crippen LogP contribution is 2.27. The van der Waals surface area contributed by atoms with Crippen LogP contribution < -0.4 is 5.32 Å². The van der Waals surface area contributed by atoms with Gasteiger partial charge in [-0.1, -0.05) is 0 Å². The molecule has 0 bridgehead atoms. The number of fused-ring (bicyclic) bond motifs is 1. The lowest BCUT2D eigenvalue weighted by atomic mass is 10.0. The molecule has 1 aliphatic heterocycles. The third kappa shape index (κ3) is 2.13. The molecule has 2 aromatic rings. The number of hydrogen-bond donors (Lipinski definition) is 1. The zero-order valence-electron chi connectivity index (χ0n) is 10.1. The molecule has 3 rings (SSSR count). The summed E-state index contributed by atoms with van der Waals surface area (Å²) >= 11 is 0. The van der Waals surface area contributed by atoms with Crippen LogP contribution in [0.5, 0.6) is 0 Å². The van der Waals surface area contributed by atoms with Crippen molar-refractivity contribution in [3.63, 3.8) is 0 Å². The Morgan fingerprint density at radius 3 is 2.72 bits per heavy atom. The number of hydrogen-bond acceptors (Lipinski definition) is 2. The molecule has 0 atom stereocenters. The minimum absolute atomic E-state index is 0. The van der Waals surface area contributed by atoms with Gasteiger partial charge in [0.25, 0.3) is 0 Å². The first-order chi connectivity index (χ1) is 8.25. The standard InChI is InChI=1S/C13H14FN3.ClH/c1-17-12-8-15-7-6-11(12)13(16-17)9-2-4-10(14)5-3-9;/h2-5,15H,6-8H2,1H3;1H. The van der Waals surface area contributed by atoms with Crippen LogP contribution in [0.2, 0.25) is 0 Å². The van der Waals surface area contributed by atoms with E-state index < -0.39 is 0 Å². The van der Waals surface area contributed by atoms with Crippen molar-refractivity contribution in [2.24, 2.45) is 7.05 Å². The number of rotatable bonds is 1. The van der Waals surface area contributed by atoms with E-state index in [1.807, 2.05) is 11.7 Å². The second kappa shape index (κ2) is 5.08. The molecule has 18 heavy (non-hydrogen) atoms. The van der Waals surface area contributed by atoms with E-state index in [2.05, 4.69) is 10.4 Å². The van der Waals surface area contributed by atoms with Gasteiger partial charge in [0.2, 0.25) is 0 Å². The van der Waals surface area contributed by atoms with Crippen molar-refractivity contribution in [2.45, 2.75) is 13.0 Å². The second-order valence-electron chi connectivity index (χ2n) is 4.33. The van der Waals surface area contributed by atoms with Gasteiger partial charge in [0.05, 0.1) is 11.4 Å². The van der Waals surface area contributed by atoms with E-state index in [1.54, 1.807) is 12.1 Å². The fourth-order valence-corrected chi connectivity index (χ4v) is 2.35. The van der Waals surface area contributed by atoms with Crippen LogP contribution in [0, 0.1) is 5.82 Å². The first-order valence-electron chi connectivity index (χ1n) is 5.77. The van der Waals surface area contributed by atoms with Crippen LogP contribution in [-0.4, -0.2) is 16.3 Å². The van der Waals surface area contributed by atoms with Crippen LogP contribution in [0.4, 0.5) is 4.39 Å². The molecule has 1 aromatic carbocycles. The Morgan fingerprint density at radius 1 is 1.28 bits per heavy atom. The van der Waals surface area contributed by atoms with E-state index in [0.29, 0.717) is 0 Å². The Morgan fingerprint density at radius 2 is 2.00 bits per heavy atom. The predicted molar refractivity (Wildman–Crippen MR) is 71.3 cm³/mol. The summed E-state index contributed by atoms with van der Waals surface area (Å²) in [6.45, 7) is 1.84. The maximum absolute atomic E-state index is 12.9. The van der Waals surface area contributed by atoms with Crippen LogP contribution in [0.1, 0.15) is 11.3 Å². The molecule has 0 amide bonds. The van der Waals surface area contributed by atoms with Gasteiger partial charge in [-0.25, -0.2) is 4.39 Å². The SMILES string of the molecule is Cl.Cn1nc(-c2ccc(F)cc2)c2c1CNCC2. The molecule has 3 nitrogen and oxygen atoms in total. The molecule has 96 valence electrons. The average Bonchev–Trinajstić information content (AvgIpc) is 2.69. The summed E-state index contributed by atoms with van der Waals surface area (Å²) in [5.74, 6) is -0.208. The molecule has 1 N–H and O–H groups in total. The molecule has 0 aliphatic carbocycles. The molecule has 0 saturated heterocycles. The summed E-state index contributed by atoms with van der Waals surface area (Å²) in [5.41, 5.74) is 4.50. The van der Waals surface area contributed by atoms with E-state index in [4.69, 9.17) is 0 Å². The van der Waals surface area contributed by atoms with E-state index >= 15 is 0 Å². The number of nitrogens with one attached hydrogen (secondary N) is 1. The molecule has 2 heterocycles. The quantitative estimate of drug-likeness (QED) is 0.859. The third-order valence-corrected chi connectivity index (χ3v) is 3.24. The van der Waals surface area contributed by atoms with Gasteiger partial charge >= 0.3 is 0 Å². The smallest absolute Gasteiger partial charge is 0.123 e. The van der Waals surface area contributed by atoms with Gasteiger partial charge in [-0.05, 0) is 37.2 Å². The van der Waals surface area contributed by atoms with Crippen LogP contribution in [0.15, 0.2) is 24.3 Å². The summed E-state index contributed by atoms with van der Waals surface area (Å²) < 4.78 is 14.8. The van der Waals surface area contributed by atoms with E-state index in [0.717, 1.165) is 30.8 Å². The molecule has 0 spiro atoms. The van der Waals surface area contributed by atoms with Gasteiger partial charge in [-0.15, -0.1) is 12.4 Å². The largest absolute Gasteiger partial charge is 0.311 e. The fourth-order valence-electron chi connectivity index (χ4n) is 2.35. The van der Waals surface area contributed by atoms with Gasteiger partial charge in [0.15, 0.2) is 0 Å². The lowest BCUT2D eigenvalue weighted by Gasteiger charge is -2.14. The van der Waals surface area contributed by atoms with Crippen molar-refractivity contribution in [2.75, 3.05) is 6.54 Å². The number of aryl methyl sites for hydroxylation is 1. The summed E-state index contributed by atoms with van der Waals surface area (Å²) in [4.78, 5) is 0. The molecular weight excluding hydrogens is 253 g/mol. The molecular formula is C13H15ClFN3. The predicted octanol–water partition coefficient (Wildman–Crippen LogP) is 2.29. The van der Waals surface area contributed by atoms with Crippen molar-refractivity contribution >= 4 is 12.4 Å². The molecule has 1 aromatic heterocycles. The molecule has 0 fully saturated rings. The summed E-state index contributed by atoms with van der Waals surface area (Å²) in [7, 11) is 1.96. The Hall–Kier alpha value is -1.39. The average molecular weight is 268 g/mol. The van der Waals surface area contributed by atoms with Crippen LogP contribution >= 0.6 is 12.4 Å². The highest BCUT2D eigenvalue weighted by Gasteiger charge is 2.19. The fraction of sp³-hybridized carbons (Fsp3) is 0.308. The number of aromatic nitrogens is 2. The lowest BCUT2D eigenvalue weighted by Crippen LogP contribution is -2.24. The van der Waals surface area contributed by atoms with Gasteiger partial charge in [0, 0.05) is 24.7 Å². The van der Waals surface area contributed by atoms with E-state index in [9.17, 15) is 4.39 Å².